The van der Waals surface area contributed by atoms with Crippen molar-refractivity contribution in [2.75, 3.05) is 26.4 Å². The van der Waals surface area contributed by atoms with E-state index in [1.807, 2.05) is 0 Å². The van der Waals surface area contributed by atoms with Gasteiger partial charge in [-0.15, -0.1) is 0 Å². The van der Waals surface area contributed by atoms with Crippen LogP contribution in [0.1, 0.15) is 232 Å². The summed E-state index contributed by atoms with van der Waals surface area (Å²) in [5.74, 6) is -0.830. The molecule has 10 heteroatoms. The first-order valence-electron chi connectivity index (χ1n) is 23.8. The van der Waals surface area contributed by atoms with Crippen molar-refractivity contribution in [1.82, 2.24) is 0 Å². The van der Waals surface area contributed by atoms with Crippen LogP contribution in [0.15, 0.2) is 24.3 Å². The lowest BCUT2D eigenvalue weighted by atomic mass is 10.1. The fourth-order valence-corrected chi connectivity index (χ4v) is 7.51. The lowest BCUT2D eigenvalue weighted by Gasteiger charge is -2.19. The third-order valence-electron chi connectivity index (χ3n) is 10.3. The molecule has 0 aromatic rings. The molecule has 0 bridgehead atoms. The van der Waals surface area contributed by atoms with E-state index in [9.17, 15) is 19.0 Å². The van der Waals surface area contributed by atoms with Gasteiger partial charge in [0.15, 0.2) is 6.10 Å². The highest BCUT2D eigenvalue weighted by atomic mass is 31.2. The summed E-state index contributed by atoms with van der Waals surface area (Å²) in [6.07, 6.45) is 47.8. The van der Waals surface area contributed by atoms with E-state index in [4.69, 9.17) is 24.3 Å². The summed E-state index contributed by atoms with van der Waals surface area (Å²) in [4.78, 5) is 35.0. The van der Waals surface area contributed by atoms with E-state index in [1.54, 1.807) is 0 Å². The molecule has 9 nitrogen and oxygen atoms in total. The van der Waals surface area contributed by atoms with Crippen LogP contribution in [0.4, 0.5) is 0 Å². The Bertz CT molecular complexity index is 990. The number of phosphoric ester groups is 1. The van der Waals surface area contributed by atoms with Crippen LogP contribution < -0.4 is 5.73 Å². The minimum absolute atomic E-state index is 0.0533. The molecule has 2 atom stereocenters. The minimum atomic E-state index is -4.38. The summed E-state index contributed by atoms with van der Waals surface area (Å²) in [6, 6.07) is 0. The summed E-state index contributed by atoms with van der Waals surface area (Å²) >= 11 is 0. The largest absolute Gasteiger partial charge is 0.472 e. The highest BCUT2D eigenvalue weighted by molar-refractivity contribution is 7.47. The van der Waals surface area contributed by atoms with Crippen molar-refractivity contribution in [3.05, 3.63) is 24.3 Å². The average Bonchev–Trinajstić information content (AvgIpc) is 3.20. The van der Waals surface area contributed by atoms with Crippen molar-refractivity contribution in [3.63, 3.8) is 0 Å². The molecular formula is C47H90NO8P. The zero-order chi connectivity index (χ0) is 41.8. The van der Waals surface area contributed by atoms with E-state index in [-0.39, 0.29) is 38.6 Å². The van der Waals surface area contributed by atoms with Crippen LogP contribution in [0.5, 0.6) is 0 Å². The maximum absolute atomic E-state index is 12.6. The van der Waals surface area contributed by atoms with Gasteiger partial charge in [0, 0.05) is 19.4 Å². The second-order valence-electron chi connectivity index (χ2n) is 16.0. The quantitative estimate of drug-likeness (QED) is 0.0266. The SMILES string of the molecule is CCCCCCCCC/C=C\CCCCCCCCCC(=O)OCC(COP(=O)(O)OCCN)OC(=O)CCCCCCCCC/C=C\CCCCCCCCC. The number of nitrogens with two attached hydrogens (primary N) is 1. The van der Waals surface area contributed by atoms with E-state index in [0.29, 0.717) is 6.42 Å². The Morgan fingerprint density at radius 3 is 1.25 bits per heavy atom. The van der Waals surface area contributed by atoms with Crippen LogP contribution in [0.25, 0.3) is 0 Å². The average molecular weight is 828 g/mol. The lowest BCUT2D eigenvalue weighted by molar-refractivity contribution is -0.161. The van der Waals surface area contributed by atoms with Crippen LogP contribution in [-0.4, -0.2) is 49.3 Å². The van der Waals surface area contributed by atoms with Crippen LogP contribution in [0.2, 0.25) is 0 Å². The van der Waals surface area contributed by atoms with Gasteiger partial charge in [-0.2, -0.15) is 0 Å². The molecule has 0 heterocycles. The molecule has 0 aromatic carbocycles. The number of unbranched alkanes of at least 4 members (excludes halogenated alkanes) is 28. The smallest absolute Gasteiger partial charge is 0.462 e. The van der Waals surface area contributed by atoms with Gasteiger partial charge in [0.1, 0.15) is 6.61 Å². The maximum atomic E-state index is 12.6. The maximum Gasteiger partial charge on any atom is 0.472 e. The standard InChI is InChI=1S/C47H90NO8P/c1-3-5-7-9-11-13-15-17-19-21-23-25-27-29-31-33-35-37-39-46(49)53-43-45(44-55-57(51,52)54-42-41-48)56-47(50)40-38-36-34-32-30-28-26-24-22-20-18-16-14-12-10-8-6-4-2/h19-22,45H,3-18,23-44,48H2,1-2H3,(H,51,52)/b21-19-,22-20-. The molecule has 0 amide bonds. The fraction of sp³-hybridized carbons (Fsp3) is 0.872. The van der Waals surface area contributed by atoms with Crippen molar-refractivity contribution in [1.29, 1.82) is 0 Å². The predicted molar refractivity (Wildman–Crippen MR) is 238 cm³/mol. The molecule has 336 valence electrons. The Hall–Kier alpha value is -1.51. The summed E-state index contributed by atoms with van der Waals surface area (Å²) in [5.41, 5.74) is 5.36. The Labute approximate surface area is 351 Å². The van der Waals surface area contributed by atoms with Crippen molar-refractivity contribution in [3.8, 4) is 0 Å². The molecular weight excluding hydrogens is 737 g/mol. The number of hydrogen-bond acceptors (Lipinski definition) is 8. The molecule has 0 aromatic heterocycles. The van der Waals surface area contributed by atoms with Gasteiger partial charge in [-0.1, -0.05) is 179 Å². The highest BCUT2D eigenvalue weighted by Crippen LogP contribution is 2.43. The van der Waals surface area contributed by atoms with Gasteiger partial charge in [-0.05, 0) is 64.2 Å². The molecule has 0 saturated carbocycles. The third kappa shape index (κ3) is 43.9. The summed E-state index contributed by atoms with van der Waals surface area (Å²) in [5, 5.41) is 0. The predicted octanol–water partition coefficient (Wildman–Crippen LogP) is 13.9. The summed E-state index contributed by atoms with van der Waals surface area (Å²) in [6.45, 7) is 3.75. The van der Waals surface area contributed by atoms with E-state index in [1.165, 1.54) is 141 Å². The second-order valence-corrected chi connectivity index (χ2v) is 17.4. The molecule has 57 heavy (non-hydrogen) atoms. The summed E-state index contributed by atoms with van der Waals surface area (Å²) < 4.78 is 32.9. The first kappa shape index (κ1) is 55.5. The Balaban J connectivity index is 4.09. The molecule has 0 aliphatic heterocycles. The van der Waals surface area contributed by atoms with Gasteiger partial charge in [-0.25, -0.2) is 4.57 Å². The van der Waals surface area contributed by atoms with Crippen LogP contribution in [-0.2, 0) is 32.7 Å². The Morgan fingerprint density at radius 2 is 0.860 bits per heavy atom. The summed E-state index contributed by atoms with van der Waals surface area (Å²) in [7, 11) is -4.38. The number of esters is 2. The molecule has 0 radical (unpaired) electrons. The first-order valence-corrected chi connectivity index (χ1v) is 25.3. The van der Waals surface area contributed by atoms with Gasteiger partial charge in [-0.3, -0.25) is 18.6 Å². The molecule has 0 saturated heterocycles. The van der Waals surface area contributed by atoms with Crippen molar-refractivity contribution in [2.45, 2.75) is 238 Å². The molecule has 0 rings (SSSR count). The Kier molecular flexibility index (Phi) is 42.9. The van der Waals surface area contributed by atoms with E-state index in [0.717, 1.165) is 57.8 Å². The zero-order valence-corrected chi connectivity index (χ0v) is 38.0. The highest BCUT2D eigenvalue weighted by Gasteiger charge is 2.26. The molecule has 2 unspecified atom stereocenters. The van der Waals surface area contributed by atoms with Crippen LogP contribution in [0, 0.1) is 0 Å². The minimum Gasteiger partial charge on any atom is -0.462 e. The molecule has 0 fully saturated rings. The number of phosphoric acid groups is 1. The van der Waals surface area contributed by atoms with E-state index in [2.05, 4.69) is 38.2 Å². The van der Waals surface area contributed by atoms with Crippen molar-refractivity contribution >= 4 is 19.8 Å². The lowest BCUT2D eigenvalue weighted by Crippen LogP contribution is -2.29. The fourth-order valence-electron chi connectivity index (χ4n) is 6.74. The zero-order valence-electron chi connectivity index (χ0n) is 37.1. The van der Waals surface area contributed by atoms with Gasteiger partial charge >= 0.3 is 19.8 Å². The van der Waals surface area contributed by atoms with Crippen LogP contribution in [0.3, 0.4) is 0 Å². The number of hydrogen-bond donors (Lipinski definition) is 2. The number of allylic oxidation sites excluding steroid dienone is 4. The Morgan fingerprint density at radius 1 is 0.509 bits per heavy atom. The van der Waals surface area contributed by atoms with E-state index >= 15 is 0 Å². The van der Waals surface area contributed by atoms with E-state index < -0.39 is 26.5 Å². The van der Waals surface area contributed by atoms with Gasteiger partial charge in [0.05, 0.1) is 13.2 Å². The van der Waals surface area contributed by atoms with Gasteiger partial charge < -0.3 is 20.1 Å². The number of rotatable bonds is 45. The second kappa shape index (κ2) is 44.1. The molecule has 0 aliphatic rings. The normalized spacial score (nSPS) is 13.4. The first-order chi connectivity index (χ1) is 27.8. The van der Waals surface area contributed by atoms with Crippen molar-refractivity contribution < 1.29 is 37.6 Å². The monoisotopic (exact) mass is 828 g/mol. The number of carbonyl (C=O) groups is 2. The molecule has 0 spiro atoms. The van der Waals surface area contributed by atoms with Crippen LogP contribution >= 0.6 is 7.82 Å². The number of ether oxygens (including phenoxy) is 2. The molecule has 3 N–H and O–H groups in total. The molecule has 0 aliphatic carbocycles. The van der Waals surface area contributed by atoms with Gasteiger partial charge in [0.2, 0.25) is 0 Å². The topological polar surface area (TPSA) is 134 Å². The number of carbonyl (C=O) groups excluding carboxylic acids is 2. The third-order valence-corrected chi connectivity index (χ3v) is 11.3. The van der Waals surface area contributed by atoms with Gasteiger partial charge in [0.25, 0.3) is 0 Å². The van der Waals surface area contributed by atoms with Crippen molar-refractivity contribution in [2.24, 2.45) is 5.73 Å².